The fraction of sp³-hybridized carbons (Fsp3) is 0.293. The summed E-state index contributed by atoms with van der Waals surface area (Å²) in [7, 11) is 3.31. The Bertz CT molecular complexity index is 2170. The zero-order valence-electron chi connectivity index (χ0n) is 30.2. The molecule has 2 saturated heterocycles. The number of benzene rings is 4. The van der Waals surface area contributed by atoms with E-state index in [0.717, 1.165) is 29.2 Å². The van der Waals surface area contributed by atoms with Crippen molar-refractivity contribution in [1.29, 1.82) is 0 Å². The van der Waals surface area contributed by atoms with E-state index >= 15 is 0 Å². The van der Waals surface area contributed by atoms with Crippen LogP contribution in [0.5, 0.6) is 28.7 Å². The number of aromatic hydroxyl groups is 1. The lowest BCUT2D eigenvalue weighted by Gasteiger charge is -2.34. The molecule has 1 aromatic heterocycles. The topological polar surface area (TPSA) is 134 Å². The summed E-state index contributed by atoms with van der Waals surface area (Å²) in [6.45, 7) is 6.12. The number of carbonyl (C=O) groups excluding carboxylic acids is 2. The number of para-hydroxylation sites is 2. The third-order valence-electron chi connectivity index (χ3n) is 9.84. The Kier molecular flexibility index (Phi) is 11.0. The normalized spacial score (nSPS) is 15.2. The van der Waals surface area contributed by atoms with Crippen LogP contribution in [0.25, 0.3) is 22.1 Å². The summed E-state index contributed by atoms with van der Waals surface area (Å²) >= 11 is 0. The predicted octanol–water partition coefficient (Wildman–Crippen LogP) is 5.82. The van der Waals surface area contributed by atoms with Gasteiger partial charge in [0.1, 0.15) is 46.0 Å². The number of hydrogen-bond donors (Lipinski definition) is 1. The Balaban J connectivity index is 0.932. The van der Waals surface area contributed by atoms with Crippen molar-refractivity contribution in [3.8, 4) is 39.9 Å². The van der Waals surface area contributed by atoms with Gasteiger partial charge in [-0.15, -0.1) is 0 Å². The van der Waals surface area contributed by atoms with Crippen molar-refractivity contribution in [2.45, 2.75) is 13.1 Å². The van der Waals surface area contributed by atoms with Gasteiger partial charge in [-0.2, -0.15) is 0 Å². The summed E-state index contributed by atoms with van der Waals surface area (Å²) < 4.78 is 27.9. The second-order valence-corrected chi connectivity index (χ2v) is 13.2. The largest absolute Gasteiger partial charge is 0.507 e. The maximum Gasteiger partial charge on any atom is 0.415 e. The van der Waals surface area contributed by atoms with Gasteiger partial charge in [0, 0.05) is 88.7 Å². The molecule has 2 aliphatic rings. The number of methoxy groups -OCH3 is 2. The van der Waals surface area contributed by atoms with E-state index in [0.29, 0.717) is 70.2 Å². The van der Waals surface area contributed by atoms with Crippen LogP contribution in [0.3, 0.4) is 0 Å². The molecule has 13 heteroatoms. The Labute approximate surface area is 312 Å². The van der Waals surface area contributed by atoms with E-state index in [9.17, 15) is 19.5 Å². The van der Waals surface area contributed by atoms with Crippen LogP contribution in [-0.2, 0) is 13.1 Å². The summed E-state index contributed by atoms with van der Waals surface area (Å²) in [4.78, 5) is 47.3. The van der Waals surface area contributed by atoms with Crippen LogP contribution in [0, 0.1) is 0 Å². The molecule has 4 aromatic carbocycles. The number of piperazine rings is 2. The molecule has 13 nitrogen and oxygen atoms in total. The van der Waals surface area contributed by atoms with Crippen molar-refractivity contribution in [1.82, 2.24) is 19.6 Å². The smallest absolute Gasteiger partial charge is 0.415 e. The zero-order valence-corrected chi connectivity index (χ0v) is 30.2. The maximum atomic E-state index is 13.5. The molecule has 0 atom stereocenters. The monoisotopic (exact) mass is 734 g/mol. The molecule has 0 spiro atoms. The van der Waals surface area contributed by atoms with Gasteiger partial charge in [-0.25, -0.2) is 9.59 Å². The highest BCUT2D eigenvalue weighted by Crippen LogP contribution is 2.31. The van der Waals surface area contributed by atoms with Crippen LogP contribution >= 0.6 is 0 Å². The van der Waals surface area contributed by atoms with E-state index in [1.54, 1.807) is 48.3 Å². The molecule has 5 aromatic rings. The zero-order chi connectivity index (χ0) is 37.6. The number of nitrogens with zero attached hydrogens (tertiary/aromatic N) is 4. The minimum Gasteiger partial charge on any atom is -0.507 e. The fourth-order valence-electron chi connectivity index (χ4n) is 6.83. The molecule has 0 unspecified atom stereocenters. The lowest BCUT2D eigenvalue weighted by Crippen LogP contribution is -2.49. The number of ether oxygens (including phenoxy) is 4. The predicted molar refractivity (Wildman–Crippen MR) is 201 cm³/mol. The highest BCUT2D eigenvalue weighted by molar-refractivity contribution is 5.88. The summed E-state index contributed by atoms with van der Waals surface area (Å²) in [5.74, 6) is 1.68. The third-order valence-corrected chi connectivity index (χ3v) is 9.84. The van der Waals surface area contributed by atoms with Gasteiger partial charge in [0.25, 0.3) is 0 Å². The first-order valence-electron chi connectivity index (χ1n) is 17.8. The first-order chi connectivity index (χ1) is 26.3. The number of carbonyl (C=O) groups is 2. The van der Waals surface area contributed by atoms with E-state index in [1.165, 1.54) is 18.4 Å². The average Bonchev–Trinajstić information content (AvgIpc) is 3.19. The number of rotatable bonds is 9. The summed E-state index contributed by atoms with van der Waals surface area (Å²) in [5.41, 5.74) is 2.50. The second kappa shape index (κ2) is 16.3. The molecule has 280 valence electrons. The third kappa shape index (κ3) is 8.12. The fourth-order valence-corrected chi connectivity index (χ4v) is 6.83. The highest BCUT2D eigenvalue weighted by Gasteiger charge is 2.26. The first kappa shape index (κ1) is 36.3. The van der Waals surface area contributed by atoms with Crippen molar-refractivity contribution in [2.24, 2.45) is 0 Å². The van der Waals surface area contributed by atoms with Crippen LogP contribution in [0.15, 0.2) is 100 Å². The van der Waals surface area contributed by atoms with Gasteiger partial charge in [0.15, 0.2) is 0 Å². The van der Waals surface area contributed by atoms with Gasteiger partial charge in [-0.05, 0) is 29.8 Å². The van der Waals surface area contributed by atoms with E-state index in [1.807, 2.05) is 48.5 Å². The van der Waals surface area contributed by atoms with Crippen molar-refractivity contribution < 1.29 is 38.1 Å². The average molecular weight is 735 g/mol. The van der Waals surface area contributed by atoms with Crippen LogP contribution in [0.2, 0.25) is 0 Å². The van der Waals surface area contributed by atoms with Gasteiger partial charge >= 0.3 is 12.2 Å². The van der Waals surface area contributed by atoms with E-state index in [4.69, 9.17) is 23.4 Å². The lowest BCUT2D eigenvalue weighted by atomic mass is 10.0. The summed E-state index contributed by atoms with van der Waals surface area (Å²) in [6.07, 6.45) is 0.289. The van der Waals surface area contributed by atoms with Gasteiger partial charge in [-0.1, -0.05) is 48.5 Å². The maximum absolute atomic E-state index is 13.5. The Morgan fingerprint density at radius 2 is 1.17 bits per heavy atom. The van der Waals surface area contributed by atoms with Gasteiger partial charge < -0.3 is 38.3 Å². The van der Waals surface area contributed by atoms with Crippen molar-refractivity contribution in [2.75, 3.05) is 66.6 Å². The molecule has 2 fully saturated rings. The van der Waals surface area contributed by atoms with E-state index < -0.39 is 17.6 Å². The molecule has 0 aliphatic carbocycles. The van der Waals surface area contributed by atoms with Crippen molar-refractivity contribution in [3.63, 3.8) is 0 Å². The number of phenolic OH excluding ortho intramolecular Hbond substituents is 1. The standard InChI is InChI=1S/C41H42N4O9/c1-50-35-9-5-3-7-29(35)25-42-15-19-44(20-16-42)40(48)53-31-13-11-28(12-14-31)33-27-52-37-24-32(23-34(46)38(37)39(33)47)54-41(49)45-21-17-43(18-22-45)26-30-8-4-6-10-36(30)51-2/h3-14,23-24,27,46H,15-22,25-26H2,1-2H3. The Morgan fingerprint density at radius 1 is 0.667 bits per heavy atom. The van der Waals surface area contributed by atoms with Crippen LogP contribution in [0.4, 0.5) is 9.59 Å². The SMILES string of the molecule is COc1ccccc1CN1CCN(C(=O)Oc2ccc(-c3coc4cc(OC(=O)N5CCN(Cc6ccccc6OC)CC5)cc(O)c4c3=O)cc2)CC1. The molecule has 54 heavy (non-hydrogen) atoms. The van der Waals surface area contributed by atoms with Crippen molar-refractivity contribution >= 4 is 23.2 Å². The van der Waals surface area contributed by atoms with Gasteiger partial charge in [0.05, 0.1) is 19.8 Å². The number of fused-ring (bicyclic) bond motifs is 1. The molecule has 0 radical (unpaired) electrons. The Hall–Kier alpha value is -6.05. The van der Waals surface area contributed by atoms with Crippen molar-refractivity contribution in [3.05, 3.63) is 113 Å². The van der Waals surface area contributed by atoms with Crippen LogP contribution in [0.1, 0.15) is 11.1 Å². The summed E-state index contributed by atoms with van der Waals surface area (Å²) in [5, 5.41) is 10.8. The molecule has 7 rings (SSSR count). The molecule has 0 saturated carbocycles. The second-order valence-electron chi connectivity index (χ2n) is 13.2. The molecule has 1 N–H and O–H groups in total. The molecule has 2 aliphatic heterocycles. The molecule has 0 bridgehead atoms. The quantitative estimate of drug-likeness (QED) is 0.197. The summed E-state index contributed by atoms with van der Waals surface area (Å²) in [6, 6.07) is 24.9. The molecule has 2 amide bonds. The number of amides is 2. The highest BCUT2D eigenvalue weighted by atomic mass is 16.6. The molecular formula is C41H42N4O9. The number of hydrogen-bond acceptors (Lipinski definition) is 11. The van der Waals surface area contributed by atoms with Gasteiger partial charge in [0.2, 0.25) is 5.43 Å². The minimum absolute atomic E-state index is 0.0439. The molecular weight excluding hydrogens is 692 g/mol. The Morgan fingerprint density at radius 3 is 1.69 bits per heavy atom. The van der Waals surface area contributed by atoms with E-state index in [2.05, 4.69) is 9.80 Å². The number of phenols is 1. The minimum atomic E-state index is -0.559. The molecule has 3 heterocycles. The van der Waals surface area contributed by atoms with Crippen LogP contribution < -0.4 is 24.4 Å². The van der Waals surface area contributed by atoms with Crippen LogP contribution in [-0.4, -0.2) is 103 Å². The first-order valence-corrected chi connectivity index (χ1v) is 17.8. The van der Waals surface area contributed by atoms with E-state index in [-0.39, 0.29) is 28.0 Å². The lowest BCUT2D eigenvalue weighted by molar-refractivity contribution is 0.107. The van der Waals surface area contributed by atoms with Gasteiger partial charge in [-0.3, -0.25) is 14.6 Å².